The molecule has 1 aromatic rings. The molecule has 6 heteroatoms. The first-order chi connectivity index (χ1) is 8.19. The minimum Gasteiger partial charge on any atom is -0.480 e. The Morgan fingerprint density at radius 2 is 2.53 bits per heavy atom. The quantitative estimate of drug-likeness (QED) is 0.722. The number of aliphatic carboxylic acids is 1. The molecule has 2 rings (SSSR count). The number of nitrogens with one attached hydrogen (secondary N) is 1. The van der Waals surface area contributed by atoms with Crippen molar-refractivity contribution in [2.75, 3.05) is 12.3 Å². The van der Waals surface area contributed by atoms with Crippen LogP contribution in [-0.4, -0.2) is 33.9 Å². The second kappa shape index (κ2) is 5.10. The maximum atomic E-state index is 11.5. The Morgan fingerprint density at radius 3 is 3.00 bits per heavy atom. The fraction of sp³-hybridized carbons (Fsp3) is 0.636. The van der Waals surface area contributed by atoms with E-state index in [1.165, 1.54) is 18.0 Å². The summed E-state index contributed by atoms with van der Waals surface area (Å²) in [6, 6.07) is 0. The maximum absolute atomic E-state index is 11.5. The van der Waals surface area contributed by atoms with Crippen molar-refractivity contribution in [3.05, 3.63) is 12.5 Å². The van der Waals surface area contributed by atoms with Gasteiger partial charge >= 0.3 is 5.97 Å². The van der Waals surface area contributed by atoms with Gasteiger partial charge in [0.2, 0.25) is 0 Å². The van der Waals surface area contributed by atoms with Crippen molar-refractivity contribution in [1.29, 1.82) is 0 Å². The number of thioether (sulfide) groups is 1. The molecule has 1 unspecified atom stereocenters. The number of carboxylic acids is 1. The van der Waals surface area contributed by atoms with Crippen LogP contribution in [0.4, 0.5) is 0 Å². The van der Waals surface area contributed by atoms with Crippen LogP contribution in [0, 0.1) is 5.92 Å². The van der Waals surface area contributed by atoms with Crippen LogP contribution in [0.3, 0.4) is 0 Å². The smallest absolute Gasteiger partial charge is 0.325 e. The Kier molecular flexibility index (Phi) is 3.73. The molecular weight excluding hydrogens is 240 g/mol. The lowest BCUT2D eigenvalue weighted by Gasteiger charge is -2.29. The van der Waals surface area contributed by atoms with Gasteiger partial charge < -0.3 is 14.8 Å². The Bertz CT molecular complexity index is 378. The number of likely N-dealkylation sites (N-methyl/N-ethyl adjacent to an activating group) is 1. The van der Waals surface area contributed by atoms with Gasteiger partial charge in [0, 0.05) is 5.75 Å². The molecule has 0 bridgehead atoms. The van der Waals surface area contributed by atoms with Crippen LogP contribution in [0.2, 0.25) is 0 Å². The summed E-state index contributed by atoms with van der Waals surface area (Å²) < 4.78 is 5.12. The Labute approximate surface area is 104 Å². The zero-order valence-electron chi connectivity index (χ0n) is 9.68. The highest BCUT2D eigenvalue weighted by molar-refractivity contribution is 7.99. The number of carbonyl (C=O) groups is 1. The average molecular weight is 256 g/mol. The maximum Gasteiger partial charge on any atom is 0.325 e. The number of oxazole rings is 1. The summed E-state index contributed by atoms with van der Waals surface area (Å²) in [7, 11) is 0. The minimum absolute atomic E-state index is 0.224. The number of rotatable bonds is 7. The Balaban J connectivity index is 2.06. The lowest BCUT2D eigenvalue weighted by molar-refractivity contribution is -0.144. The van der Waals surface area contributed by atoms with E-state index in [1.807, 2.05) is 6.92 Å². The summed E-state index contributed by atoms with van der Waals surface area (Å²) in [6.07, 6.45) is 5.02. The molecule has 1 atom stereocenters. The summed E-state index contributed by atoms with van der Waals surface area (Å²) in [5.41, 5.74) is -0.839. The summed E-state index contributed by atoms with van der Waals surface area (Å²) in [5, 5.41) is 13.1. The van der Waals surface area contributed by atoms with Crippen LogP contribution < -0.4 is 5.32 Å². The van der Waals surface area contributed by atoms with Gasteiger partial charge in [-0.05, 0) is 25.3 Å². The molecular formula is C11H16N2O3S. The number of carboxylic acid groups (broad SMARTS) is 1. The molecule has 1 aromatic heterocycles. The Hall–Kier alpha value is -1.01. The molecule has 0 aromatic carbocycles. The fourth-order valence-electron chi connectivity index (χ4n) is 1.97. The fourth-order valence-corrected chi connectivity index (χ4v) is 3.05. The second-order valence-electron chi connectivity index (χ2n) is 4.17. The molecule has 17 heavy (non-hydrogen) atoms. The molecule has 0 aliphatic heterocycles. The number of nitrogens with zero attached hydrogens (tertiary/aromatic N) is 1. The summed E-state index contributed by atoms with van der Waals surface area (Å²) >= 11 is 1.35. The molecule has 0 saturated heterocycles. The molecule has 1 aliphatic rings. The highest BCUT2D eigenvalue weighted by Crippen LogP contribution is 2.42. The van der Waals surface area contributed by atoms with Crippen LogP contribution in [0.25, 0.3) is 0 Å². The van der Waals surface area contributed by atoms with Gasteiger partial charge in [0.1, 0.15) is 11.8 Å². The molecule has 1 heterocycles. The third kappa shape index (κ3) is 2.63. The first-order valence-electron chi connectivity index (χ1n) is 5.69. The predicted molar refractivity (Wildman–Crippen MR) is 64.0 cm³/mol. The molecule has 1 saturated carbocycles. The highest BCUT2D eigenvalue weighted by Gasteiger charge is 2.50. The van der Waals surface area contributed by atoms with Crippen LogP contribution in [-0.2, 0) is 4.79 Å². The predicted octanol–water partition coefficient (Wildman–Crippen LogP) is 1.61. The third-order valence-electron chi connectivity index (χ3n) is 2.98. The van der Waals surface area contributed by atoms with Gasteiger partial charge in [-0.3, -0.25) is 4.79 Å². The first kappa shape index (κ1) is 12.4. The van der Waals surface area contributed by atoms with Crippen molar-refractivity contribution in [2.45, 2.75) is 30.5 Å². The van der Waals surface area contributed by atoms with Gasteiger partial charge in [0.05, 0.1) is 6.20 Å². The summed E-state index contributed by atoms with van der Waals surface area (Å²) in [6.45, 7) is 2.57. The normalized spacial score (nSPS) is 18.9. The monoisotopic (exact) mass is 256 g/mol. The van der Waals surface area contributed by atoms with E-state index in [0.717, 1.165) is 12.8 Å². The molecule has 94 valence electrons. The average Bonchev–Trinajstić information content (AvgIpc) is 3.02. The van der Waals surface area contributed by atoms with Gasteiger partial charge in [-0.1, -0.05) is 18.7 Å². The van der Waals surface area contributed by atoms with Crippen LogP contribution in [0.15, 0.2) is 22.1 Å². The van der Waals surface area contributed by atoms with Crippen molar-refractivity contribution in [3.63, 3.8) is 0 Å². The van der Waals surface area contributed by atoms with E-state index in [0.29, 0.717) is 17.5 Å². The zero-order chi connectivity index (χ0) is 12.3. The van der Waals surface area contributed by atoms with Crippen LogP contribution >= 0.6 is 11.8 Å². The second-order valence-corrected chi connectivity index (χ2v) is 5.09. The molecule has 0 spiro atoms. The number of hydrogen-bond acceptors (Lipinski definition) is 5. The Morgan fingerprint density at radius 1 is 1.76 bits per heavy atom. The standard InChI is InChI=1S/C11H16N2O3S/c1-2-13-11(9(14)15,8-3-4-8)7-17-10-12-5-6-16-10/h5-6,8,13H,2-4,7H2,1H3,(H,14,15). The van der Waals surface area contributed by atoms with Gasteiger partial charge in [0.15, 0.2) is 0 Å². The van der Waals surface area contributed by atoms with Crippen LogP contribution in [0.5, 0.6) is 0 Å². The topological polar surface area (TPSA) is 75.4 Å². The summed E-state index contributed by atoms with van der Waals surface area (Å²) in [4.78, 5) is 15.5. The molecule has 5 nitrogen and oxygen atoms in total. The molecule has 0 amide bonds. The van der Waals surface area contributed by atoms with E-state index in [1.54, 1.807) is 6.20 Å². The van der Waals surface area contributed by atoms with Crippen molar-refractivity contribution < 1.29 is 14.3 Å². The van der Waals surface area contributed by atoms with Gasteiger partial charge in [-0.15, -0.1) is 0 Å². The largest absolute Gasteiger partial charge is 0.480 e. The van der Waals surface area contributed by atoms with Gasteiger partial charge in [-0.2, -0.15) is 0 Å². The van der Waals surface area contributed by atoms with Crippen molar-refractivity contribution in [2.24, 2.45) is 5.92 Å². The van der Waals surface area contributed by atoms with Crippen LogP contribution in [0.1, 0.15) is 19.8 Å². The minimum atomic E-state index is -0.839. The molecule has 1 aliphatic carbocycles. The van der Waals surface area contributed by atoms with Gasteiger partial charge in [-0.25, -0.2) is 4.98 Å². The van der Waals surface area contributed by atoms with E-state index >= 15 is 0 Å². The van der Waals surface area contributed by atoms with E-state index in [2.05, 4.69) is 10.3 Å². The lowest BCUT2D eigenvalue weighted by Crippen LogP contribution is -2.56. The van der Waals surface area contributed by atoms with Gasteiger partial charge in [0.25, 0.3) is 5.22 Å². The summed E-state index contributed by atoms with van der Waals surface area (Å²) in [5.74, 6) is -0.107. The highest BCUT2D eigenvalue weighted by atomic mass is 32.2. The van der Waals surface area contributed by atoms with Crippen molar-refractivity contribution in [1.82, 2.24) is 10.3 Å². The third-order valence-corrected chi connectivity index (χ3v) is 4.03. The lowest BCUT2D eigenvalue weighted by atomic mass is 9.96. The van der Waals surface area contributed by atoms with E-state index < -0.39 is 11.5 Å². The number of hydrogen-bond donors (Lipinski definition) is 2. The molecule has 0 radical (unpaired) electrons. The first-order valence-corrected chi connectivity index (χ1v) is 6.68. The molecule has 1 fully saturated rings. The van der Waals surface area contributed by atoms with E-state index in [9.17, 15) is 9.90 Å². The molecule has 2 N–H and O–H groups in total. The zero-order valence-corrected chi connectivity index (χ0v) is 10.5. The van der Waals surface area contributed by atoms with Crippen molar-refractivity contribution >= 4 is 17.7 Å². The van der Waals surface area contributed by atoms with E-state index in [-0.39, 0.29) is 5.92 Å². The SMILES string of the molecule is CCNC(CSc1ncco1)(C(=O)O)C1CC1. The van der Waals surface area contributed by atoms with E-state index in [4.69, 9.17) is 4.42 Å². The van der Waals surface area contributed by atoms with Crippen molar-refractivity contribution in [3.8, 4) is 0 Å². The number of aromatic nitrogens is 1.